The van der Waals surface area contributed by atoms with Crippen molar-refractivity contribution in [2.45, 2.75) is 20.8 Å². The third-order valence-electron chi connectivity index (χ3n) is 2.34. The van der Waals surface area contributed by atoms with Crippen LogP contribution in [0.15, 0.2) is 24.3 Å². The molecular formula is C14H20N2O3. The standard InChI is InChI=1S/C14H20N2O3/c1-14(2,3)12(17)15-10-7-6-8-11(9-10)19-13(18)16(4)5/h6-9H,1-5H3,(H,15,17). The van der Waals surface area contributed by atoms with Crippen molar-refractivity contribution in [3.63, 3.8) is 0 Å². The number of hydrogen-bond acceptors (Lipinski definition) is 3. The van der Waals surface area contributed by atoms with E-state index in [1.54, 1.807) is 38.4 Å². The molecule has 1 aromatic rings. The number of nitrogens with zero attached hydrogens (tertiary/aromatic N) is 1. The summed E-state index contributed by atoms with van der Waals surface area (Å²) in [5.74, 6) is 0.300. The summed E-state index contributed by atoms with van der Waals surface area (Å²) in [5, 5.41) is 2.78. The van der Waals surface area contributed by atoms with E-state index in [4.69, 9.17) is 4.74 Å². The first-order valence-electron chi connectivity index (χ1n) is 6.01. The van der Waals surface area contributed by atoms with Crippen LogP contribution in [0.4, 0.5) is 10.5 Å². The molecule has 0 aliphatic rings. The molecule has 5 nitrogen and oxygen atoms in total. The number of amides is 2. The number of nitrogens with one attached hydrogen (secondary N) is 1. The van der Waals surface area contributed by atoms with Gasteiger partial charge in [0.05, 0.1) is 0 Å². The fourth-order valence-electron chi connectivity index (χ4n) is 1.15. The van der Waals surface area contributed by atoms with Gasteiger partial charge in [-0.1, -0.05) is 26.8 Å². The van der Waals surface area contributed by atoms with E-state index < -0.39 is 11.5 Å². The Morgan fingerprint density at radius 2 is 1.84 bits per heavy atom. The Bertz CT molecular complexity index is 476. The van der Waals surface area contributed by atoms with Crippen LogP contribution < -0.4 is 10.1 Å². The molecule has 0 saturated carbocycles. The van der Waals surface area contributed by atoms with E-state index in [9.17, 15) is 9.59 Å². The number of carbonyl (C=O) groups is 2. The highest BCUT2D eigenvalue weighted by Gasteiger charge is 2.21. The molecular weight excluding hydrogens is 244 g/mol. The van der Waals surface area contributed by atoms with Gasteiger partial charge in [0.2, 0.25) is 5.91 Å². The van der Waals surface area contributed by atoms with Crippen molar-refractivity contribution in [2.75, 3.05) is 19.4 Å². The zero-order valence-corrected chi connectivity index (χ0v) is 12.0. The summed E-state index contributed by atoms with van der Waals surface area (Å²) >= 11 is 0. The summed E-state index contributed by atoms with van der Waals surface area (Å²) in [7, 11) is 3.21. The summed E-state index contributed by atoms with van der Waals surface area (Å²) in [5.41, 5.74) is 0.125. The Hall–Kier alpha value is -2.04. The lowest BCUT2D eigenvalue weighted by molar-refractivity contribution is -0.123. The van der Waals surface area contributed by atoms with Crippen LogP contribution in [-0.2, 0) is 4.79 Å². The van der Waals surface area contributed by atoms with Crippen molar-refractivity contribution in [3.05, 3.63) is 24.3 Å². The topological polar surface area (TPSA) is 58.6 Å². The van der Waals surface area contributed by atoms with Crippen LogP contribution in [0, 0.1) is 5.41 Å². The Morgan fingerprint density at radius 1 is 1.21 bits per heavy atom. The normalized spacial score (nSPS) is 10.8. The van der Waals surface area contributed by atoms with Crippen molar-refractivity contribution < 1.29 is 14.3 Å². The lowest BCUT2D eigenvalue weighted by Crippen LogP contribution is -2.27. The summed E-state index contributed by atoms with van der Waals surface area (Å²) in [4.78, 5) is 24.6. The summed E-state index contributed by atoms with van der Waals surface area (Å²) in [6, 6.07) is 6.74. The molecule has 0 aromatic heterocycles. The van der Waals surface area contributed by atoms with Crippen molar-refractivity contribution in [2.24, 2.45) is 5.41 Å². The van der Waals surface area contributed by atoms with Crippen molar-refractivity contribution in [1.29, 1.82) is 0 Å². The summed E-state index contributed by atoms with van der Waals surface area (Å²) < 4.78 is 5.12. The monoisotopic (exact) mass is 264 g/mol. The van der Waals surface area contributed by atoms with Gasteiger partial charge in [-0.2, -0.15) is 0 Å². The van der Waals surface area contributed by atoms with Gasteiger partial charge in [0, 0.05) is 31.3 Å². The highest BCUT2D eigenvalue weighted by atomic mass is 16.6. The highest BCUT2D eigenvalue weighted by molar-refractivity contribution is 5.94. The molecule has 0 saturated heterocycles. The van der Waals surface area contributed by atoms with Gasteiger partial charge in [-0.25, -0.2) is 4.79 Å². The molecule has 0 heterocycles. The van der Waals surface area contributed by atoms with Gasteiger partial charge in [-0.05, 0) is 12.1 Å². The molecule has 0 atom stereocenters. The van der Waals surface area contributed by atoms with E-state index in [1.807, 2.05) is 20.8 Å². The molecule has 0 bridgehead atoms. The Balaban J connectivity index is 2.78. The van der Waals surface area contributed by atoms with Crippen LogP contribution in [0.5, 0.6) is 5.75 Å². The number of benzene rings is 1. The van der Waals surface area contributed by atoms with Gasteiger partial charge >= 0.3 is 6.09 Å². The molecule has 0 spiro atoms. The summed E-state index contributed by atoms with van der Waals surface area (Å²) in [6.07, 6.45) is -0.459. The lowest BCUT2D eigenvalue weighted by atomic mass is 9.95. The van der Waals surface area contributed by atoms with Crippen LogP contribution >= 0.6 is 0 Å². The van der Waals surface area contributed by atoms with Gasteiger partial charge < -0.3 is 15.0 Å². The SMILES string of the molecule is CN(C)C(=O)Oc1cccc(NC(=O)C(C)(C)C)c1. The molecule has 2 amide bonds. The van der Waals surface area contributed by atoms with E-state index in [2.05, 4.69) is 5.32 Å². The Labute approximate surface area is 113 Å². The largest absolute Gasteiger partial charge is 0.414 e. The van der Waals surface area contributed by atoms with E-state index in [-0.39, 0.29) is 5.91 Å². The molecule has 1 N–H and O–H groups in total. The van der Waals surface area contributed by atoms with E-state index in [0.717, 1.165) is 0 Å². The molecule has 0 aliphatic heterocycles. The maximum absolute atomic E-state index is 11.8. The Kier molecular flexibility index (Phi) is 4.53. The van der Waals surface area contributed by atoms with Crippen LogP contribution in [0.25, 0.3) is 0 Å². The second kappa shape index (κ2) is 5.73. The third-order valence-corrected chi connectivity index (χ3v) is 2.34. The third kappa shape index (κ3) is 4.62. The van der Waals surface area contributed by atoms with E-state index >= 15 is 0 Å². The predicted molar refractivity (Wildman–Crippen MR) is 74.2 cm³/mol. The zero-order valence-electron chi connectivity index (χ0n) is 12.0. The molecule has 0 fully saturated rings. The van der Waals surface area contributed by atoms with Crippen LogP contribution in [0.2, 0.25) is 0 Å². The molecule has 0 unspecified atom stereocenters. The minimum atomic E-state index is -0.476. The van der Waals surface area contributed by atoms with Crippen molar-refractivity contribution in [1.82, 2.24) is 4.90 Å². The number of hydrogen-bond donors (Lipinski definition) is 1. The molecule has 1 aromatic carbocycles. The molecule has 104 valence electrons. The number of carbonyl (C=O) groups excluding carboxylic acids is 2. The number of anilines is 1. The average Bonchev–Trinajstić information content (AvgIpc) is 2.27. The minimum Gasteiger partial charge on any atom is -0.410 e. The smallest absolute Gasteiger partial charge is 0.410 e. The zero-order chi connectivity index (χ0) is 14.6. The van der Waals surface area contributed by atoms with Gasteiger partial charge in [0.25, 0.3) is 0 Å². The Morgan fingerprint density at radius 3 is 2.37 bits per heavy atom. The molecule has 0 aliphatic carbocycles. The molecule has 5 heteroatoms. The average molecular weight is 264 g/mol. The molecule has 19 heavy (non-hydrogen) atoms. The maximum atomic E-state index is 11.8. The quantitative estimate of drug-likeness (QED) is 0.893. The first-order chi connectivity index (χ1) is 8.70. The van der Waals surface area contributed by atoms with Gasteiger partial charge in [0.1, 0.15) is 5.75 Å². The second-order valence-corrected chi connectivity index (χ2v) is 5.49. The van der Waals surface area contributed by atoms with Gasteiger partial charge in [-0.15, -0.1) is 0 Å². The minimum absolute atomic E-state index is 0.0939. The summed E-state index contributed by atoms with van der Waals surface area (Å²) in [6.45, 7) is 5.49. The molecule has 0 radical (unpaired) electrons. The predicted octanol–water partition coefficient (Wildman–Crippen LogP) is 2.73. The van der Waals surface area contributed by atoms with Gasteiger partial charge in [0.15, 0.2) is 0 Å². The van der Waals surface area contributed by atoms with Gasteiger partial charge in [-0.3, -0.25) is 4.79 Å². The fraction of sp³-hybridized carbons (Fsp3) is 0.429. The van der Waals surface area contributed by atoms with Crippen LogP contribution in [0.1, 0.15) is 20.8 Å². The number of rotatable bonds is 2. The van der Waals surface area contributed by atoms with Crippen molar-refractivity contribution in [3.8, 4) is 5.75 Å². The first kappa shape index (κ1) is 15.0. The van der Waals surface area contributed by atoms with Crippen LogP contribution in [0.3, 0.4) is 0 Å². The van der Waals surface area contributed by atoms with E-state index in [0.29, 0.717) is 11.4 Å². The van der Waals surface area contributed by atoms with Crippen molar-refractivity contribution >= 4 is 17.7 Å². The second-order valence-electron chi connectivity index (χ2n) is 5.49. The first-order valence-corrected chi connectivity index (χ1v) is 6.01. The highest BCUT2D eigenvalue weighted by Crippen LogP contribution is 2.21. The fourth-order valence-corrected chi connectivity index (χ4v) is 1.15. The molecule has 1 rings (SSSR count). The van der Waals surface area contributed by atoms with Crippen LogP contribution in [-0.4, -0.2) is 31.0 Å². The number of ether oxygens (including phenoxy) is 1. The van der Waals surface area contributed by atoms with E-state index in [1.165, 1.54) is 4.90 Å². The maximum Gasteiger partial charge on any atom is 0.414 e. The lowest BCUT2D eigenvalue weighted by Gasteiger charge is -2.18.